The third kappa shape index (κ3) is 2.59. The Hall–Kier alpha value is -1.42. The first-order valence-corrected chi connectivity index (χ1v) is 11.2. The molecule has 1 aromatic rings. The van der Waals surface area contributed by atoms with Crippen molar-refractivity contribution < 1.29 is 9.90 Å². The molecule has 0 bridgehead atoms. The van der Waals surface area contributed by atoms with E-state index in [1.54, 1.807) is 4.68 Å². The number of rotatable bonds is 1. The second-order valence-electron chi connectivity index (χ2n) is 10.7. The van der Waals surface area contributed by atoms with Crippen molar-refractivity contribution in [1.82, 2.24) is 9.78 Å². The number of carbonyl (C=O) groups is 1. The van der Waals surface area contributed by atoms with Crippen molar-refractivity contribution in [2.45, 2.75) is 71.3 Å². The second kappa shape index (κ2) is 6.29. The van der Waals surface area contributed by atoms with Gasteiger partial charge in [0.15, 0.2) is 5.78 Å². The van der Waals surface area contributed by atoms with Crippen LogP contribution >= 0.6 is 0 Å². The van der Waals surface area contributed by atoms with Gasteiger partial charge in [0.05, 0.1) is 12.3 Å². The second-order valence-corrected chi connectivity index (χ2v) is 10.7. The number of hydrogen-bond donors (Lipinski definition) is 1. The van der Waals surface area contributed by atoms with E-state index in [4.69, 9.17) is 0 Å². The zero-order valence-corrected chi connectivity index (χ0v) is 17.5. The van der Waals surface area contributed by atoms with Gasteiger partial charge in [-0.3, -0.25) is 9.48 Å². The summed E-state index contributed by atoms with van der Waals surface area (Å²) < 4.78 is 1.80. The molecule has 7 unspecified atom stereocenters. The smallest absolute Gasteiger partial charge is 0.159 e. The molecule has 28 heavy (non-hydrogen) atoms. The quantitative estimate of drug-likeness (QED) is 0.733. The summed E-state index contributed by atoms with van der Waals surface area (Å²) in [6.45, 7) is 4.82. The number of aliphatic hydroxyl groups excluding tert-OH is 1. The summed E-state index contributed by atoms with van der Waals surface area (Å²) in [7, 11) is 1.92. The molecule has 1 heterocycles. The maximum atomic E-state index is 12.9. The minimum atomic E-state index is -0.113. The SMILES string of the molecule is Cn1cc(C=C2CC3(C)C(CCC4C5CCC(O)C5(C)CCC43)CC2=O)cn1. The van der Waals surface area contributed by atoms with Crippen molar-refractivity contribution in [3.8, 4) is 0 Å². The number of aliphatic hydroxyl groups is 1. The van der Waals surface area contributed by atoms with Gasteiger partial charge in [0, 0.05) is 25.2 Å². The van der Waals surface area contributed by atoms with Gasteiger partial charge in [-0.05, 0) is 91.1 Å². The monoisotopic (exact) mass is 382 g/mol. The molecule has 4 nitrogen and oxygen atoms in total. The van der Waals surface area contributed by atoms with Crippen LogP contribution in [-0.2, 0) is 11.8 Å². The molecule has 0 aromatic carbocycles. The van der Waals surface area contributed by atoms with Crippen LogP contribution in [0.4, 0.5) is 0 Å². The highest BCUT2D eigenvalue weighted by atomic mass is 16.3. The summed E-state index contributed by atoms with van der Waals surface area (Å²) in [5.41, 5.74) is 2.39. The van der Waals surface area contributed by atoms with E-state index in [-0.39, 0.29) is 16.9 Å². The lowest BCUT2D eigenvalue weighted by molar-refractivity contribution is -0.134. The molecule has 0 spiro atoms. The highest BCUT2D eigenvalue weighted by Gasteiger charge is 2.60. The number of carbonyl (C=O) groups excluding carboxylic acids is 1. The first kappa shape index (κ1) is 18.6. The number of hydrogen-bond acceptors (Lipinski definition) is 3. The van der Waals surface area contributed by atoms with Gasteiger partial charge in [0.1, 0.15) is 0 Å². The number of allylic oxidation sites excluding steroid dienone is 1. The van der Waals surface area contributed by atoms with Crippen LogP contribution in [0.1, 0.15) is 70.8 Å². The fraction of sp³-hybridized carbons (Fsp3) is 0.750. The molecule has 152 valence electrons. The average Bonchev–Trinajstić information content (AvgIpc) is 3.19. The van der Waals surface area contributed by atoms with Gasteiger partial charge in [-0.1, -0.05) is 13.8 Å². The Balaban J connectivity index is 1.46. The Bertz CT molecular complexity index is 826. The van der Waals surface area contributed by atoms with Crippen LogP contribution in [0.25, 0.3) is 6.08 Å². The van der Waals surface area contributed by atoms with Crippen LogP contribution in [-0.4, -0.2) is 26.8 Å². The van der Waals surface area contributed by atoms with E-state index in [0.717, 1.165) is 42.7 Å². The van der Waals surface area contributed by atoms with Crippen LogP contribution in [0.3, 0.4) is 0 Å². The predicted molar refractivity (Wildman–Crippen MR) is 109 cm³/mol. The van der Waals surface area contributed by atoms with Gasteiger partial charge >= 0.3 is 0 Å². The zero-order chi connectivity index (χ0) is 19.7. The van der Waals surface area contributed by atoms with Crippen LogP contribution in [0.2, 0.25) is 0 Å². The molecule has 0 saturated heterocycles. The van der Waals surface area contributed by atoms with Gasteiger partial charge in [-0.25, -0.2) is 0 Å². The highest BCUT2D eigenvalue weighted by molar-refractivity contribution is 6.00. The largest absolute Gasteiger partial charge is 0.393 e. The Labute approximate surface area is 168 Å². The van der Waals surface area contributed by atoms with Gasteiger partial charge < -0.3 is 5.11 Å². The predicted octanol–water partition coefficient (Wildman–Crippen LogP) is 4.39. The lowest BCUT2D eigenvalue weighted by Crippen LogP contribution is -2.54. The lowest BCUT2D eigenvalue weighted by atomic mass is 9.45. The molecule has 0 radical (unpaired) electrons. The van der Waals surface area contributed by atoms with Crippen molar-refractivity contribution in [2.75, 3.05) is 0 Å². The van der Waals surface area contributed by atoms with E-state index in [2.05, 4.69) is 25.0 Å². The number of ketones is 1. The maximum Gasteiger partial charge on any atom is 0.159 e. The molecule has 7 atom stereocenters. The van der Waals surface area contributed by atoms with Crippen molar-refractivity contribution in [1.29, 1.82) is 0 Å². The normalized spacial score (nSPS) is 46.9. The van der Waals surface area contributed by atoms with Gasteiger partial charge in [-0.2, -0.15) is 5.10 Å². The van der Waals surface area contributed by atoms with E-state index in [1.165, 1.54) is 25.7 Å². The third-order valence-electron chi connectivity index (χ3n) is 9.44. The minimum Gasteiger partial charge on any atom is -0.393 e. The number of nitrogens with zero attached hydrogens (tertiary/aromatic N) is 2. The molecule has 4 aliphatic rings. The van der Waals surface area contributed by atoms with Crippen LogP contribution in [0.5, 0.6) is 0 Å². The molecular formula is C24H34N2O2. The molecule has 1 aromatic heterocycles. The first-order chi connectivity index (χ1) is 13.3. The fourth-order valence-corrected chi connectivity index (χ4v) is 7.83. The number of aryl methyl sites for hydroxylation is 1. The Morgan fingerprint density at radius 2 is 1.93 bits per heavy atom. The lowest BCUT2D eigenvalue weighted by Gasteiger charge is -2.60. The fourth-order valence-electron chi connectivity index (χ4n) is 7.83. The summed E-state index contributed by atoms with van der Waals surface area (Å²) >= 11 is 0. The summed E-state index contributed by atoms with van der Waals surface area (Å²) in [6, 6.07) is 0. The van der Waals surface area contributed by atoms with Crippen molar-refractivity contribution >= 4 is 11.9 Å². The summed E-state index contributed by atoms with van der Waals surface area (Å²) in [4.78, 5) is 12.9. The Morgan fingerprint density at radius 3 is 2.68 bits per heavy atom. The van der Waals surface area contributed by atoms with Crippen molar-refractivity contribution in [3.63, 3.8) is 0 Å². The Morgan fingerprint density at radius 1 is 1.14 bits per heavy atom. The standard InChI is InChI=1S/C24H34N2O2/c1-23-9-8-20-18(19(23)6-7-22(23)28)5-4-17-11-21(27)16(12-24(17,20)2)10-15-13-25-26(3)14-15/h10,13-14,17-20,22,28H,4-9,11-12H2,1-3H3. The van der Waals surface area contributed by atoms with E-state index in [9.17, 15) is 9.90 Å². The van der Waals surface area contributed by atoms with E-state index in [1.807, 2.05) is 19.4 Å². The van der Waals surface area contributed by atoms with E-state index >= 15 is 0 Å². The highest BCUT2D eigenvalue weighted by Crippen LogP contribution is 2.66. The summed E-state index contributed by atoms with van der Waals surface area (Å²) in [5, 5.41) is 14.9. The van der Waals surface area contributed by atoms with E-state index < -0.39 is 0 Å². The number of fused-ring (bicyclic) bond motifs is 5. The average molecular weight is 383 g/mol. The molecule has 4 heteroatoms. The van der Waals surface area contributed by atoms with Gasteiger partial charge in [-0.15, -0.1) is 0 Å². The van der Waals surface area contributed by atoms with Crippen LogP contribution < -0.4 is 0 Å². The van der Waals surface area contributed by atoms with Gasteiger partial charge in [0.2, 0.25) is 0 Å². The molecule has 1 N–H and O–H groups in total. The third-order valence-corrected chi connectivity index (χ3v) is 9.44. The maximum absolute atomic E-state index is 12.9. The molecule has 5 rings (SSSR count). The van der Waals surface area contributed by atoms with Gasteiger partial charge in [0.25, 0.3) is 0 Å². The summed E-state index contributed by atoms with van der Waals surface area (Å²) in [6.07, 6.45) is 14.4. The molecule has 4 aliphatic carbocycles. The molecule has 0 amide bonds. The first-order valence-electron chi connectivity index (χ1n) is 11.2. The Kier molecular flexibility index (Phi) is 4.18. The van der Waals surface area contributed by atoms with E-state index in [0.29, 0.717) is 23.5 Å². The number of Topliss-reactive ketones (excluding diaryl/α,β-unsaturated/α-hetero) is 1. The summed E-state index contributed by atoms with van der Waals surface area (Å²) in [5.74, 6) is 2.97. The molecule has 4 fully saturated rings. The topological polar surface area (TPSA) is 55.1 Å². The molecular weight excluding hydrogens is 348 g/mol. The van der Waals surface area contributed by atoms with Crippen LogP contribution in [0.15, 0.2) is 18.0 Å². The molecule has 4 saturated carbocycles. The van der Waals surface area contributed by atoms with Crippen LogP contribution in [0, 0.1) is 34.5 Å². The number of aromatic nitrogens is 2. The van der Waals surface area contributed by atoms with Crippen molar-refractivity contribution in [3.05, 3.63) is 23.5 Å². The molecule has 0 aliphatic heterocycles. The van der Waals surface area contributed by atoms with Crippen molar-refractivity contribution in [2.24, 2.45) is 41.5 Å². The zero-order valence-electron chi connectivity index (χ0n) is 17.5. The minimum absolute atomic E-state index is 0.113.